The Bertz CT molecular complexity index is 412. The number of hydrogen-bond donors (Lipinski definition) is 0. The van der Waals surface area contributed by atoms with E-state index in [4.69, 9.17) is 0 Å². The van der Waals surface area contributed by atoms with Gasteiger partial charge < -0.3 is 0 Å². The first-order valence-corrected chi connectivity index (χ1v) is 7.36. The topological polar surface area (TPSA) is 0 Å². The van der Waals surface area contributed by atoms with Gasteiger partial charge in [-0.3, -0.25) is 0 Å². The van der Waals surface area contributed by atoms with Gasteiger partial charge in [-0.2, -0.15) is 22.7 Å². The number of rotatable bonds is 2. The third kappa shape index (κ3) is 2.37. The van der Waals surface area contributed by atoms with Crippen LogP contribution in [-0.4, -0.2) is 0 Å². The van der Waals surface area contributed by atoms with Gasteiger partial charge in [0.2, 0.25) is 0 Å². The highest BCUT2D eigenvalue weighted by atomic mass is 79.9. The molecule has 0 spiro atoms. The minimum absolute atomic E-state index is 1.16. The molecule has 2 heterocycles. The Hall–Kier alpha value is 0.1000. The first-order valence-electron chi connectivity index (χ1n) is 3.89. The molecule has 0 radical (unpaired) electrons. The van der Waals surface area contributed by atoms with Crippen LogP contribution in [0.25, 0.3) is 12.2 Å². The summed E-state index contributed by atoms with van der Waals surface area (Å²) in [5.41, 5.74) is 2.46. The van der Waals surface area contributed by atoms with Gasteiger partial charge in [0, 0.05) is 19.7 Å². The van der Waals surface area contributed by atoms with Crippen molar-refractivity contribution in [3.05, 3.63) is 41.6 Å². The van der Waals surface area contributed by atoms with Crippen LogP contribution in [0.5, 0.6) is 0 Å². The highest BCUT2D eigenvalue weighted by Crippen LogP contribution is 2.26. The van der Waals surface area contributed by atoms with Crippen LogP contribution in [0.1, 0.15) is 11.1 Å². The number of halogens is 2. The smallest absolute Gasteiger partial charge is 0.0354 e. The summed E-state index contributed by atoms with van der Waals surface area (Å²) in [7, 11) is 0. The molecule has 0 bridgehead atoms. The summed E-state index contributed by atoms with van der Waals surface area (Å²) in [4.78, 5) is 0. The van der Waals surface area contributed by atoms with Crippen LogP contribution < -0.4 is 0 Å². The van der Waals surface area contributed by atoms with Gasteiger partial charge >= 0.3 is 0 Å². The van der Waals surface area contributed by atoms with E-state index in [0.717, 1.165) is 8.95 Å². The molecule has 0 amide bonds. The van der Waals surface area contributed by atoms with Crippen molar-refractivity contribution in [2.24, 2.45) is 0 Å². The van der Waals surface area contributed by atoms with E-state index in [1.165, 1.54) is 11.1 Å². The molecule has 0 aliphatic carbocycles. The highest BCUT2D eigenvalue weighted by molar-refractivity contribution is 9.11. The van der Waals surface area contributed by atoms with Crippen molar-refractivity contribution in [3.8, 4) is 0 Å². The molecule has 0 aliphatic heterocycles. The lowest BCUT2D eigenvalue weighted by Crippen LogP contribution is -1.66. The molecule has 4 heteroatoms. The van der Waals surface area contributed by atoms with Gasteiger partial charge in [-0.05, 0) is 53.7 Å². The lowest BCUT2D eigenvalue weighted by molar-refractivity contribution is 1.77. The summed E-state index contributed by atoms with van der Waals surface area (Å²) in [6.07, 6.45) is 4.24. The maximum Gasteiger partial charge on any atom is 0.0354 e. The average molecular weight is 350 g/mol. The van der Waals surface area contributed by atoms with E-state index < -0.39 is 0 Å². The van der Waals surface area contributed by atoms with Gasteiger partial charge in [0.15, 0.2) is 0 Å². The van der Waals surface area contributed by atoms with Crippen LogP contribution in [0.2, 0.25) is 0 Å². The van der Waals surface area contributed by atoms with Gasteiger partial charge in [0.1, 0.15) is 0 Å². The zero-order valence-corrected chi connectivity index (χ0v) is 11.8. The van der Waals surface area contributed by atoms with Gasteiger partial charge in [0.05, 0.1) is 0 Å². The van der Waals surface area contributed by atoms with Crippen LogP contribution >= 0.6 is 54.5 Å². The van der Waals surface area contributed by atoms with E-state index >= 15 is 0 Å². The molecular formula is C10H6Br2S2. The Balaban J connectivity index is 2.23. The van der Waals surface area contributed by atoms with Gasteiger partial charge in [-0.15, -0.1) is 0 Å². The monoisotopic (exact) mass is 348 g/mol. The van der Waals surface area contributed by atoms with Crippen molar-refractivity contribution >= 4 is 66.7 Å². The van der Waals surface area contributed by atoms with Crippen LogP contribution in [0, 0.1) is 0 Å². The van der Waals surface area contributed by atoms with Crippen LogP contribution in [-0.2, 0) is 0 Å². The molecule has 2 rings (SSSR count). The largest absolute Gasteiger partial charge is 0.151 e. The van der Waals surface area contributed by atoms with Crippen molar-refractivity contribution in [3.63, 3.8) is 0 Å². The molecule has 2 aromatic rings. The Kier molecular flexibility index (Phi) is 3.60. The summed E-state index contributed by atoms with van der Waals surface area (Å²) < 4.78 is 2.32. The molecule has 0 aromatic carbocycles. The summed E-state index contributed by atoms with van der Waals surface area (Å²) in [6.45, 7) is 0. The van der Waals surface area contributed by atoms with Gasteiger partial charge in [0.25, 0.3) is 0 Å². The fraction of sp³-hybridized carbons (Fsp3) is 0. The second-order valence-corrected chi connectivity index (χ2v) is 5.88. The molecule has 0 saturated carbocycles. The summed E-state index contributed by atoms with van der Waals surface area (Å²) in [5, 5.41) is 8.42. The van der Waals surface area contributed by atoms with Crippen LogP contribution in [0.3, 0.4) is 0 Å². The molecule has 0 atom stereocenters. The summed E-state index contributed by atoms with van der Waals surface area (Å²) in [6, 6.07) is 0. The molecule has 14 heavy (non-hydrogen) atoms. The predicted molar refractivity (Wildman–Crippen MR) is 73.0 cm³/mol. The number of hydrogen-bond acceptors (Lipinski definition) is 2. The lowest BCUT2D eigenvalue weighted by atomic mass is 10.2. The average Bonchev–Trinajstić information content (AvgIpc) is 2.72. The lowest BCUT2D eigenvalue weighted by Gasteiger charge is -1.89. The minimum atomic E-state index is 1.16. The van der Waals surface area contributed by atoms with Crippen molar-refractivity contribution in [1.82, 2.24) is 0 Å². The normalized spacial score (nSPS) is 11.3. The van der Waals surface area contributed by atoms with Crippen LogP contribution in [0.4, 0.5) is 0 Å². The van der Waals surface area contributed by atoms with Gasteiger partial charge in [-0.25, -0.2) is 0 Å². The van der Waals surface area contributed by atoms with E-state index in [9.17, 15) is 0 Å². The molecule has 0 saturated heterocycles. The first-order chi connectivity index (χ1) is 6.77. The van der Waals surface area contributed by atoms with Crippen LogP contribution in [0.15, 0.2) is 30.5 Å². The quantitative estimate of drug-likeness (QED) is 0.671. The van der Waals surface area contributed by atoms with E-state index in [2.05, 4.69) is 65.5 Å². The fourth-order valence-electron chi connectivity index (χ4n) is 1.00. The Morgan fingerprint density at radius 2 is 1.21 bits per heavy atom. The third-order valence-corrected chi connectivity index (χ3v) is 5.23. The van der Waals surface area contributed by atoms with Crippen molar-refractivity contribution in [2.75, 3.05) is 0 Å². The molecule has 0 nitrogen and oxygen atoms in total. The Morgan fingerprint density at radius 1 is 0.786 bits per heavy atom. The highest BCUT2D eigenvalue weighted by Gasteiger charge is 1.98. The van der Waals surface area contributed by atoms with E-state index in [1.54, 1.807) is 22.7 Å². The van der Waals surface area contributed by atoms with Crippen molar-refractivity contribution < 1.29 is 0 Å². The standard InChI is InChI=1S/C10H6Br2S2/c11-9-5-13-3-7(9)1-2-8-4-14-6-10(8)12/h1-6H. The van der Waals surface area contributed by atoms with Crippen molar-refractivity contribution in [1.29, 1.82) is 0 Å². The molecule has 0 aliphatic rings. The predicted octanol–water partition coefficient (Wildman–Crippen LogP) is 5.51. The SMILES string of the molecule is Brc1cscc1C=Cc1cscc1Br. The Morgan fingerprint density at radius 3 is 1.50 bits per heavy atom. The fourth-order valence-corrected chi connectivity index (χ4v) is 3.80. The molecule has 0 unspecified atom stereocenters. The van der Waals surface area contributed by atoms with Gasteiger partial charge in [-0.1, -0.05) is 12.2 Å². The second kappa shape index (κ2) is 4.75. The van der Waals surface area contributed by atoms with Crippen molar-refractivity contribution in [2.45, 2.75) is 0 Å². The Labute approximate surface area is 108 Å². The minimum Gasteiger partial charge on any atom is -0.151 e. The van der Waals surface area contributed by atoms with E-state index in [0.29, 0.717) is 0 Å². The summed E-state index contributed by atoms with van der Waals surface area (Å²) >= 11 is 10.4. The molecule has 72 valence electrons. The number of thiophene rings is 2. The molecule has 2 aromatic heterocycles. The first kappa shape index (κ1) is 10.6. The second-order valence-electron chi connectivity index (χ2n) is 2.68. The zero-order chi connectivity index (χ0) is 9.97. The molecular weight excluding hydrogens is 344 g/mol. The zero-order valence-electron chi connectivity index (χ0n) is 7.04. The maximum atomic E-state index is 3.50. The molecule has 0 fully saturated rings. The maximum absolute atomic E-state index is 3.50. The molecule has 0 N–H and O–H groups in total. The van der Waals surface area contributed by atoms with E-state index in [1.807, 2.05) is 0 Å². The third-order valence-electron chi connectivity index (χ3n) is 1.73. The summed E-state index contributed by atoms with van der Waals surface area (Å²) in [5.74, 6) is 0. The van der Waals surface area contributed by atoms with E-state index in [-0.39, 0.29) is 0 Å².